The summed E-state index contributed by atoms with van der Waals surface area (Å²) in [6.45, 7) is 6.05. The summed E-state index contributed by atoms with van der Waals surface area (Å²) in [5.74, 6) is 1.44. The second-order valence-electron chi connectivity index (χ2n) is 6.09. The molecule has 0 spiro atoms. The molecular weight excluding hydrogens is 262 g/mol. The Morgan fingerprint density at radius 2 is 2.05 bits per heavy atom. The van der Waals surface area contributed by atoms with Crippen LogP contribution >= 0.6 is 0 Å². The van der Waals surface area contributed by atoms with Gasteiger partial charge in [-0.3, -0.25) is 0 Å². The van der Waals surface area contributed by atoms with Gasteiger partial charge < -0.3 is 10.1 Å². The minimum absolute atomic E-state index is 0.0510. The quantitative estimate of drug-likeness (QED) is 0.780. The van der Waals surface area contributed by atoms with Gasteiger partial charge in [0.2, 0.25) is 0 Å². The monoisotopic (exact) mass is 291 g/mol. The third kappa shape index (κ3) is 4.75. The van der Waals surface area contributed by atoms with Crippen molar-refractivity contribution >= 4 is 0 Å². The van der Waals surface area contributed by atoms with Crippen molar-refractivity contribution in [1.29, 1.82) is 0 Å². The molecule has 2 rings (SSSR count). The van der Waals surface area contributed by atoms with E-state index in [0.717, 1.165) is 36.7 Å². The van der Waals surface area contributed by atoms with Crippen LogP contribution < -0.4 is 5.32 Å². The maximum Gasteiger partial charge on any atom is 0.157 e. The van der Waals surface area contributed by atoms with Crippen LogP contribution in [-0.4, -0.2) is 23.6 Å². The molecule has 21 heavy (non-hydrogen) atoms. The molecule has 1 aromatic rings. The third-order valence-corrected chi connectivity index (χ3v) is 4.24. The van der Waals surface area contributed by atoms with Crippen LogP contribution in [0.1, 0.15) is 68.8 Å². The molecule has 1 unspecified atom stereocenters. The molecule has 1 fully saturated rings. The van der Waals surface area contributed by atoms with E-state index in [4.69, 9.17) is 9.72 Å². The van der Waals surface area contributed by atoms with Gasteiger partial charge in [-0.25, -0.2) is 9.97 Å². The summed E-state index contributed by atoms with van der Waals surface area (Å²) in [4.78, 5) is 9.40. The lowest BCUT2D eigenvalue weighted by Gasteiger charge is -2.28. The van der Waals surface area contributed by atoms with Gasteiger partial charge >= 0.3 is 0 Å². The van der Waals surface area contributed by atoms with Crippen LogP contribution in [0.15, 0.2) is 6.07 Å². The van der Waals surface area contributed by atoms with Crippen molar-refractivity contribution in [2.24, 2.45) is 5.92 Å². The van der Waals surface area contributed by atoms with Crippen LogP contribution in [0.3, 0.4) is 0 Å². The molecule has 118 valence electrons. The predicted molar refractivity (Wildman–Crippen MR) is 85.1 cm³/mol. The van der Waals surface area contributed by atoms with Crippen LogP contribution in [0, 0.1) is 12.8 Å². The van der Waals surface area contributed by atoms with Gasteiger partial charge in [0.05, 0.1) is 5.69 Å². The molecule has 1 N–H and O–H groups in total. The lowest BCUT2D eigenvalue weighted by atomic mass is 9.85. The van der Waals surface area contributed by atoms with Crippen molar-refractivity contribution in [3.63, 3.8) is 0 Å². The highest BCUT2D eigenvalue weighted by Gasteiger charge is 2.27. The van der Waals surface area contributed by atoms with E-state index in [9.17, 15) is 0 Å². The zero-order chi connectivity index (χ0) is 15.1. The largest absolute Gasteiger partial charge is 0.373 e. The molecule has 4 nitrogen and oxygen atoms in total. The SMILES string of the molecule is CCCNCc1cc(C)nc(C(OC)C2CCCCC2)n1. The summed E-state index contributed by atoms with van der Waals surface area (Å²) in [5.41, 5.74) is 2.11. The number of hydrogen-bond donors (Lipinski definition) is 1. The highest BCUT2D eigenvalue weighted by Crippen LogP contribution is 2.35. The molecule has 1 saturated carbocycles. The number of nitrogens with one attached hydrogen (secondary N) is 1. The summed E-state index contributed by atoms with van der Waals surface area (Å²) >= 11 is 0. The van der Waals surface area contributed by atoms with Crippen molar-refractivity contribution in [2.45, 2.75) is 65.0 Å². The normalized spacial score (nSPS) is 17.9. The fourth-order valence-electron chi connectivity index (χ4n) is 3.22. The number of ether oxygens (including phenoxy) is 1. The molecule has 0 radical (unpaired) electrons. The second kappa shape index (κ2) is 8.44. The van der Waals surface area contributed by atoms with Gasteiger partial charge in [0.1, 0.15) is 6.10 Å². The van der Waals surface area contributed by atoms with E-state index in [-0.39, 0.29) is 6.10 Å². The Morgan fingerprint density at radius 1 is 1.29 bits per heavy atom. The second-order valence-corrected chi connectivity index (χ2v) is 6.09. The lowest BCUT2D eigenvalue weighted by molar-refractivity contribution is 0.0286. The number of nitrogens with zero attached hydrogens (tertiary/aromatic N) is 2. The average Bonchev–Trinajstić information content (AvgIpc) is 2.49. The maximum atomic E-state index is 5.77. The fraction of sp³-hybridized carbons (Fsp3) is 0.765. The Hall–Kier alpha value is -1.00. The predicted octanol–water partition coefficient (Wildman–Crippen LogP) is 3.55. The molecule has 1 atom stereocenters. The topological polar surface area (TPSA) is 47.0 Å². The van der Waals surface area contributed by atoms with E-state index in [2.05, 4.69) is 23.3 Å². The number of aryl methyl sites for hydroxylation is 1. The molecule has 0 aromatic carbocycles. The summed E-state index contributed by atoms with van der Waals surface area (Å²) in [5, 5.41) is 3.41. The van der Waals surface area contributed by atoms with Gasteiger partial charge in [-0.15, -0.1) is 0 Å². The highest BCUT2D eigenvalue weighted by atomic mass is 16.5. The Labute approximate surface area is 128 Å². The lowest BCUT2D eigenvalue weighted by Crippen LogP contribution is -2.22. The molecule has 0 aliphatic heterocycles. The number of aromatic nitrogens is 2. The molecule has 1 heterocycles. The van der Waals surface area contributed by atoms with Gasteiger partial charge in [-0.2, -0.15) is 0 Å². The molecule has 4 heteroatoms. The molecule has 1 aliphatic rings. The van der Waals surface area contributed by atoms with Gasteiger partial charge in [0, 0.05) is 19.3 Å². The standard InChI is InChI=1S/C17H29N3O/c1-4-10-18-12-15-11-13(2)19-17(20-15)16(21-3)14-8-6-5-7-9-14/h11,14,16,18H,4-10,12H2,1-3H3. The van der Waals surface area contributed by atoms with Crippen LogP contribution in [-0.2, 0) is 11.3 Å². The fourth-order valence-corrected chi connectivity index (χ4v) is 3.22. The smallest absolute Gasteiger partial charge is 0.157 e. The Balaban J connectivity index is 2.11. The molecule has 0 bridgehead atoms. The summed E-state index contributed by atoms with van der Waals surface area (Å²) in [6.07, 6.45) is 7.63. The molecule has 0 saturated heterocycles. The molecule has 0 amide bonds. The third-order valence-electron chi connectivity index (χ3n) is 4.24. The Kier molecular flexibility index (Phi) is 6.58. The van der Waals surface area contributed by atoms with E-state index >= 15 is 0 Å². The van der Waals surface area contributed by atoms with Gasteiger partial charge in [-0.1, -0.05) is 26.2 Å². The zero-order valence-corrected chi connectivity index (χ0v) is 13.7. The summed E-state index contributed by atoms with van der Waals surface area (Å²) in [6, 6.07) is 2.07. The zero-order valence-electron chi connectivity index (χ0n) is 13.7. The van der Waals surface area contributed by atoms with Crippen molar-refractivity contribution in [2.75, 3.05) is 13.7 Å². The average molecular weight is 291 g/mol. The van der Waals surface area contributed by atoms with Crippen molar-refractivity contribution in [3.05, 3.63) is 23.3 Å². The number of rotatable bonds is 7. The van der Waals surface area contributed by atoms with Crippen molar-refractivity contribution in [3.8, 4) is 0 Å². The number of methoxy groups -OCH3 is 1. The Bertz CT molecular complexity index is 430. The number of hydrogen-bond acceptors (Lipinski definition) is 4. The summed E-state index contributed by atoms with van der Waals surface area (Å²) in [7, 11) is 1.79. The summed E-state index contributed by atoms with van der Waals surface area (Å²) < 4.78 is 5.77. The van der Waals surface area contributed by atoms with Gasteiger partial charge in [0.15, 0.2) is 5.82 Å². The minimum atomic E-state index is 0.0510. The van der Waals surface area contributed by atoms with E-state index < -0.39 is 0 Å². The van der Waals surface area contributed by atoms with E-state index in [0.29, 0.717) is 5.92 Å². The van der Waals surface area contributed by atoms with Crippen LogP contribution in [0.5, 0.6) is 0 Å². The highest BCUT2D eigenvalue weighted by molar-refractivity contribution is 5.12. The van der Waals surface area contributed by atoms with Crippen molar-refractivity contribution in [1.82, 2.24) is 15.3 Å². The molecule has 1 aromatic heterocycles. The van der Waals surface area contributed by atoms with E-state index in [1.165, 1.54) is 32.1 Å². The van der Waals surface area contributed by atoms with Crippen molar-refractivity contribution < 1.29 is 4.74 Å². The Morgan fingerprint density at radius 3 is 2.71 bits per heavy atom. The van der Waals surface area contributed by atoms with Crippen LogP contribution in [0.2, 0.25) is 0 Å². The van der Waals surface area contributed by atoms with E-state index in [1.807, 2.05) is 6.92 Å². The molecular formula is C17H29N3O. The first-order chi connectivity index (χ1) is 10.2. The molecule has 1 aliphatic carbocycles. The first-order valence-corrected chi connectivity index (χ1v) is 8.32. The van der Waals surface area contributed by atoms with Crippen LogP contribution in [0.4, 0.5) is 0 Å². The van der Waals surface area contributed by atoms with E-state index in [1.54, 1.807) is 7.11 Å². The first kappa shape index (κ1) is 16.4. The maximum absolute atomic E-state index is 5.77. The minimum Gasteiger partial charge on any atom is -0.373 e. The first-order valence-electron chi connectivity index (χ1n) is 8.32. The van der Waals surface area contributed by atoms with Crippen LogP contribution in [0.25, 0.3) is 0 Å². The van der Waals surface area contributed by atoms with Gasteiger partial charge in [-0.05, 0) is 44.7 Å². The van der Waals surface area contributed by atoms with Gasteiger partial charge in [0.25, 0.3) is 0 Å².